The van der Waals surface area contributed by atoms with Gasteiger partial charge >= 0.3 is 17.8 Å². The number of likely N-dealkylation sites (N-methyl/N-ethyl adjacent to an activating group) is 1. The van der Waals surface area contributed by atoms with Crippen LogP contribution >= 0.6 is 0 Å². The Bertz CT molecular complexity index is 571. The highest BCUT2D eigenvalue weighted by atomic mass is 16.2. The van der Waals surface area contributed by atoms with Crippen LogP contribution in [0.1, 0.15) is 11.5 Å². The van der Waals surface area contributed by atoms with Crippen LogP contribution in [0.5, 0.6) is 0 Å². The zero-order chi connectivity index (χ0) is 14.2. The molecule has 1 aliphatic rings. The number of carbonyl (C=O) groups excluding carboxylic acids is 3. The number of urea groups is 1. The van der Waals surface area contributed by atoms with Crippen molar-refractivity contribution < 1.29 is 14.4 Å². The third-order valence-electron chi connectivity index (χ3n) is 2.71. The molecule has 1 saturated heterocycles. The fourth-order valence-electron chi connectivity index (χ4n) is 1.72. The molecule has 0 aliphatic carbocycles. The second-order valence-corrected chi connectivity index (χ2v) is 4.10. The summed E-state index contributed by atoms with van der Waals surface area (Å²) in [6.45, 7) is 1.65. The molecule has 0 unspecified atom stereocenters. The number of aryl methyl sites for hydroxylation is 1. The molecule has 0 atom stereocenters. The summed E-state index contributed by atoms with van der Waals surface area (Å²) in [4.78, 5) is 44.6. The zero-order valence-electron chi connectivity index (χ0n) is 10.8. The van der Waals surface area contributed by atoms with Gasteiger partial charge < -0.3 is 5.32 Å². The summed E-state index contributed by atoms with van der Waals surface area (Å²) in [5, 5.41) is 2.86. The number of amides is 4. The van der Waals surface area contributed by atoms with Crippen molar-refractivity contribution in [1.29, 1.82) is 0 Å². The molecule has 8 heteroatoms. The number of nitrogens with zero attached hydrogens (tertiary/aromatic N) is 4. The summed E-state index contributed by atoms with van der Waals surface area (Å²) in [5.74, 6) is -0.814. The van der Waals surface area contributed by atoms with Gasteiger partial charge in [0.25, 0.3) is 0 Å². The fraction of sp³-hybridized carbons (Fsp3) is 0.364. The number of rotatable bonds is 3. The van der Waals surface area contributed by atoms with Crippen LogP contribution in [-0.4, -0.2) is 51.7 Å². The first-order valence-electron chi connectivity index (χ1n) is 5.60. The van der Waals surface area contributed by atoms with Gasteiger partial charge in [0.2, 0.25) is 0 Å². The molecule has 0 aromatic carbocycles. The summed E-state index contributed by atoms with van der Waals surface area (Å²) < 4.78 is 0. The van der Waals surface area contributed by atoms with E-state index < -0.39 is 17.8 Å². The minimum Gasteiger partial charge on any atom is -0.373 e. The van der Waals surface area contributed by atoms with Gasteiger partial charge in [-0.25, -0.2) is 19.7 Å². The summed E-state index contributed by atoms with van der Waals surface area (Å²) in [6, 6.07) is 1.07. The van der Waals surface area contributed by atoms with Gasteiger partial charge in [0.1, 0.15) is 5.82 Å². The minimum atomic E-state index is -0.858. The van der Waals surface area contributed by atoms with Crippen molar-refractivity contribution >= 4 is 23.7 Å². The van der Waals surface area contributed by atoms with Gasteiger partial charge in [-0.2, -0.15) is 0 Å². The first kappa shape index (κ1) is 12.9. The van der Waals surface area contributed by atoms with Gasteiger partial charge in [0.05, 0.1) is 6.54 Å². The number of carbonyl (C=O) groups is 3. The average molecular weight is 263 g/mol. The highest BCUT2D eigenvalue weighted by Gasteiger charge is 2.42. The van der Waals surface area contributed by atoms with Gasteiger partial charge in [-0.05, 0) is 6.92 Å². The van der Waals surface area contributed by atoms with Gasteiger partial charge in [0, 0.05) is 25.9 Å². The molecule has 1 fully saturated rings. The van der Waals surface area contributed by atoms with E-state index in [1.54, 1.807) is 20.0 Å². The lowest BCUT2D eigenvalue weighted by molar-refractivity contribution is -0.143. The number of hydrogen-bond acceptors (Lipinski definition) is 6. The largest absolute Gasteiger partial charge is 0.373 e. The maximum absolute atomic E-state index is 11.7. The van der Waals surface area contributed by atoms with Crippen molar-refractivity contribution in [3.05, 3.63) is 17.6 Å². The van der Waals surface area contributed by atoms with E-state index in [1.807, 2.05) is 0 Å². The fourth-order valence-corrected chi connectivity index (χ4v) is 1.72. The number of imide groups is 2. The number of anilines is 1. The first-order chi connectivity index (χ1) is 8.93. The Morgan fingerprint density at radius 2 is 1.89 bits per heavy atom. The van der Waals surface area contributed by atoms with Gasteiger partial charge in [0.15, 0.2) is 5.82 Å². The summed E-state index contributed by atoms with van der Waals surface area (Å²) in [7, 11) is 2.97. The molecule has 0 saturated carbocycles. The number of hydrogen-bond donors (Lipinski definition) is 1. The van der Waals surface area contributed by atoms with Crippen molar-refractivity contribution in [3.63, 3.8) is 0 Å². The Labute approximate surface area is 109 Å². The Kier molecular flexibility index (Phi) is 3.16. The van der Waals surface area contributed by atoms with E-state index in [-0.39, 0.29) is 6.54 Å². The normalized spacial score (nSPS) is 15.4. The number of nitrogens with one attached hydrogen (secondary N) is 1. The molecule has 2 rings (SSSR count). The zero-order valence-corrected chi connectivity index (χ0v) is 10.8. The molecule has 2 heterocycles. The van der Waals surface area contributed by atoms with Gasteiger partial charge in [-0.3, -0.25) is 14.5 Å². The van der Waals surface area contributed by atoms with Crippen LogP contribution in [-0.2, 0) is 16.1 Å². The monoisotopic (exact) mass is 263 g/mol. The summed E-state index contributed by atoms with van der Waals surface area (Å²) >= 11 is 0. The predicted octanol–water partition coefficient (Wildman–Crippen LogP) is -0.253. The quantitative estimate of drug-likeness (QED) is 0.596. The van der Waals surface area contributed by atoms with Crippen molar-refractivity contribution in [2.75, 3.05) is 19.4 Å². The average Bonchev–Trinajstić information content (AvgIpc) is 2.56. The van der Waals surface area contributed by atoms with E-state index in [1.165, 1.54) is 7.05 Å². The summed E-state index contributed by atoms with van der Waals surface area (Å²) in [5.41, 5.74) is 0.702. The highest BCUT2D eigenvalue weighted by molar-refractivity contribution is 6.44. The molecule has 1 aromatic rings. The van der Waals surface area contributed by atoms with Gasteiger partial charge in [-0.15, -0.1) is 0 Å². The van der Waals surface area contributed by atoms with E-state index in [2.05, 4.69) is 15.3 Å². The van der Waals surface area contributed by atoms with E-state index >= 15 is 0 Å². The minimum absolute atomic E-state index is 0.121. The topological polar surface area (TPSA) is 95.5 Å². The van der Waals surface area contributed by atoms with Crippen LogP contribution in [0.25, 0.3) is 0 Å². The molecule has 1 aliphatic heterocycles. The van der Waals surface area contributed by atoms with Crippen LogP contribution in [0.15, 0.2) is 6.07 Å². The lowest BCUT2D eigenvalue weighted by Gasteiger charge is -2.12. The lowest BCUT2D eigenvalue weighted by Crippen LogP contribution is -2.31. The van der Waals surface area contributed by atoms with E-state index in [9.17, 15) is 14.4 Å². The van der Waals surface area contributed by atoms with Crippen molar-refractivity contribution in [2.24, 2.45) is 0 Å². The van der Waals surface area contributed by atoms with E-state index in [0.717, 1.165) is 9.80 Å². The molecule has 0 radical (unpaired) electrons. The SMILES string of the molecule is CNc1cc(C)nc(CN2C(=O)C(=O)N(C)C2=O)n1. The first-order valence-corrected chi connectivity index (χ1v) is 5.60. The molecule has 19 heavy (non-hydrogen) atoms. The molecule has 4 amide bonds. The smallest absolute Gasteiger partial charge is 0.334 e. The van der Waals surface area contributed by atoms with Gasteiger partial charge in [-0.1, -0.05) is 0 Å². The standard InChI is InChI=1S/C11H13N5O3/c1-6-4-7(12-2)14-8(13-6)5-16-10(18)9(17)15(3)11(16)19/h4H,5H2,1-3H3,(H,12,13,14). The van der Waals surface area contributed by atoms with Crippen LogP contribution < -0.4 is 5.32 Å². The molecule has 1 N–H and O–H groups in total. The molecule has 0 bridgehead atoms. The Balaban J connectivity index is 2.27. The lowest BCUT2D eigenvalue weighted by atomic mass is 10.4. The Morgan fingerprint density at radius 1 is 1.21 bits per heavy atom. The maximum atomic E-state index is 11.7. The second kappa shape index (κ2) is 4.63. The summed E-state index contributed by atoms with van der Waals surface area (Å²) in [6.07, 6.45) is 0. The van der Waals surface area contributed by atoms with Crippen LogP contribution in [0.2, 0.25) is 0 Å². The Hall–Kier alpha value is -2.51. The van der Waals surface area contributed by atoms with E-state index in [4.69, 9.17) is 0 Å². The molecule has 100 valence electrons. The third kappa shape index (κ3) is 2.24. The van der Waals surface area contributed by atoms with Crippen molar-refractivity contribution in [1.82, 2.24) is 19.8 Å². The third-order valence-corrected chi connectivity index (χ3v) is 2.71. The van der Waals surface area contributed by atoms with E-state index in [0.29, 0.717) is 17.3 Å². The predicted molar refractivity (Wildman–Crippen MR) is 65.0 cm³/mol. The molecule has 0 spiro atoms. The highest BCUT2D eigenvalue weighted by Crippen LogP contribution is 2.14. The van der Waals surface area contributed by atoms with Crippen LogP contribution in [0, 0.1) is 6.92 Å². The molecular formula is C11H13N5O3. The molecule has 8 nitrogen and oxygen atoms in total. The van der Waals surface area contributed by atoms with Crippen LogP contribution in [0.4, 0.5) is 10.6 Å². The van der Waals surface area contributed by atoms with Crippen LogP contribution in [0.3, 0.4) is 0 Å². The number of aromatic nitrogens is 2. The molecular weight excluding hydrogens is 250 g/mol. The van der Waals surface area contributed by atoms with Crippen molar-refractivity contribution in [2.45, 2.75) is 13.5 Å². The second-order valence-electron chi connectivity index (χ2n) is 4.10. The maximum Gasteiger partial charge on any atom is 0.334 e. The Morgan fingerprint density at radius 3 is 2.42 bits per heavy atom. The molecule has 1 aromatic heterocycles. The van der Waals surface area contributed by atoms with Crippen molar-refractivity contribution in [3.8, 4) is 0 Å².